The second-order valence-electron chi connectivity index (χ2n) is 9.65. The van der Waals surface area contributed by atoms with Crippen LogP contribution in [0.3, 0.4) is 0 Å². The summed E-state index contributed by atoms with van der Waals surface area (Å²) < 4.78 is 17.3. The molecule has 7 heteroatoms. The second kappa shape index (κ2) is 11.6. The molecule has 0 saturated heterocycles. The molecule has 3 unspecified atom stereocenters. The van der Waals surface area contributed by atoms with Crippen LogP contribution in [0.4, 0.5) is 0 Å². The first-order valence-electron chi connectivity index (χ1n) is 11.9. The first-order chi connectivity index (χ1) is 15.8. The fourth-order valence-electron chi connectivity index (χ4n) is 5.05. The Kier molecular flexibility index (Phi) is 9.05. The number of halogens is 2. The molecule has 1 saturated carbocycles. The van der Waals surface area contributed by atoms with E-state index in [1.807, 2.05) is 54.1 Å². The highest BCUT2D eigenvalue weighted by molar-refractivity contribution is 9.10. The van der Waals surface area contributed by atoms with Crippen molar-refractivity contribution in [3.63, 3.8) is 0 Å². The summed E-state index contributed by atoms with van der Waals surface area (Å²) in [5.74, 6) is 3.07. The van der Waals surface area contributed by atoms with Crippen LogP contribution in [-0.2, 0) is 29.7 Å². The standard InChI is InChI=1S/C27H34BrN2O3.ClH/c1-18(2)22-14-9-19(3)15-25(22)33-27(31)16-30-24-8-6-5-7-23(24)29(4)26(30)17-32-21-12-10-20(28)11-13-21;/h5-8,10-13,18-19,22,25H,9,14-17H2,1-4H3;1H/q+1;/p-1. The molecule has 0 bridgehead atoms. The number of nitrogens with zero attached hydrogens (tertiary/aromatic N) is 2. The van der Waals surface area contributed by atoms with Gasteiger partial charge in [0.25, 0.3) is 5.82 Å². The Morgan fingerprint density at radius 1 is 1.15 bits per heavy atom. The highest BCUT2D eigenvalue weighted by atomic mass is 79.9. The lowest BCUT2D eigenvalue weighted by Gasteiger charge is -2.36. The maximum Gasteiger partial charge on any atom is 0.348 e. The van der Waals surface area contributed by atoms with Gasteiger partial charge in [-0.3, -0.25) is 0 Å². The van der Waals surface area contributed by atoms with Gasteiger partial charge >= 0.3 is 5.97 Å². The zero-order valence-corrected chi connectivity index (χ0v) is 22.7. The molecule has 34 heavy (non-hydrogen) atoms. The lowest BCUT2D eigenvalue weighted by atomic mass is 9.75. The number of aryl methyl sites for hydroxylation is 1. The summed E-state index contributed by atoms with van der Waals surface area (Å²) in [6.07, 6.45) is 3.30. The van der Waals surface area contributed by atoms with E-state index in [0.29, 0.717) is 24.4 Å². The number of carbonyl (C=O) groups excluding carboxylic acids is 1. The average molecular weight is 550 g/mol. The fraction of sp³-hybridized carbons (Fsp3) is 0.481. The van der Waals surface area contributed by atoms with Crippen LogP contribution in [0.2, 0.25) is 0 Å². The summed E-state index contributed by atoms with van der Waals surface area (Å²) in [5, 5.41) is 0. The van der Waals surface area contributed by atoms with Crippen LogP contribution in [0.25, 0.3) is 11.0 Å². The highest BCUT2D eigenvalue weighted by Gasteiger charge is 2.34. The van der Waals surface area contributed by atoms with E-state index in [2.05, 4.69) is 47.3 Å². The van der Waals surface area contributed by atoms with E-state index in [-0.39, 0.29) is 31.0 Å². The molecule has 1 heterocycles. The lowest BCUT2D eigenvalue weighted by Crippen LogP contribution is -3.00. The van der Waals surface area contributed by atoms with E-state index in [9.17, 15) is 4.79 Å². The number of fused-ring (bicyclic) bond motifs is 1. The molecule has 184 valence electrons. The quantitative estimate of drug-likeness (QED) is 0.336. The number of carbonyl (C=O) groups is 1. The van der Waals surface area contributed by atoms with Crippen molar-refractivity contribution in [2.24, 2.45) is 24.8 Å². The molecule has 0 radical (unpaired) electrons. The highest BCUT2D eigenvalue weighted by Crippen LogP contribution is 2.35. The zero-order chi connectivity index (χ0) is 23.5. The third-order valence-corrected chi connectivity index (χ3v) is 7.47. The Bertz CT molecular complexity index is 1110. The van der Waals surface area contributed by atoms with Crippen LogP contribution >= 0.6 is 15.9 Å². The molecule has 0 aliphatic heterocycles. The third kappa shape index (κ3) is 5.95. The predicted molar refractivity (Wildman–Crippen MR) is 133 cm³/mol. The van der Waals surface area contributed by atoms with Crippen LogP contribution in [0, 0.1) is 17.8 Å². The average Bonchev–Trinajstić information content (AvgIpc) is 3.04. The Labute approximate surface area is 217 Å². The molecular weight excluding hydrogens is 516 g/mol. The monoisotopic (exact) mass is 548 g/mol. The predicted octanol–water partition coefficient (Wildman–Crippen LogP) is 2.82. The van der Waals surface area contributed by atoms with Crippen LogP contribution < -0.4 is 21.7 Å². The van der Waals surface area contributed by atoms with Crippen LogP contribution in [0.15, 0.2) is 53.0 Å². The lowest BCUT2D eigenvalue weighted by molar-refractivity contribution is -0.655. The van der Waals surface area contributed by atoms with Gasteiger partial charge in [0.05, 0.1) is 7.05 Å². The van der Waals surface area contributed by atoms with Gasteiger partial charge in [-0.2, -0.15) is 0 Å². The van der Waals surface area contributed by atoms with Crippen molar-refractivity contribution in [2.45, 2.75) is 59.3 Å². The number of hydrogen-bond donors (Lipinski definition) is 0. The van der Waals surface area contributed by atoms with Gasteiger partial charge in [-0.05, 0) is 67.0 Å². The molecule has 3 aromatic rings. The van der Waals surface area contributed by atoms with Crippen molar-refractivity contribution >= 4 is 32.9 Å². The SMILES string of the molecule is CC1CCC(C(C)C)C(OC(=O)Cn2c(COc3ccc(Br)cc3)[n+](C)c3ccccc32)C1.[Cl-]. The van der Waals surface area contributed by atoms with Gasteiger partial charge in [-0.15, -0.1) is 0 Å². The van der Waals surface area contributed by atoms with E-state index in [0.717, 1.165) is 39.9 Å². The van der Waals surface area contributed by atoms with Crippen molar-refractivity contribution in [3.05, 3.63) is 58.8 Å². The number of aromatic nitrogens is 2. The summed E-state index contributed by atoms with van der Waals surface area (Å²) in [4.78, 5) is 13.2. The minimum Gasteiger partial charge on any atom is -1.00 e. The summed E-state index contributed by atoms with van der Waals surface area (Å²) >= 11 is 3.46. The zero-order valence-electron chi connectivity index (χ0n) is 20.3. The number of para-hydroxylation sites is 2. The molecule has 0 spiro atoms. The molecule has 2 aromatic carbocycles. The number of hydrogen-bond acceptors (Lipinski definition) is 3. The van der Waals surface area contributed by atoms with E-state index in [1.165, 1.54) is 6.42 Å². The molecular formula is C27H34BrClN2O3. The Morgan fingerprint density at radius 2 is 1.85 bits per heavy atom. The molecule has 1 fully saturated rings. The summed E-state index contributed by atoms with van der Waals surface area (Å²) in [7, 11) is 2.02. The molecule has 0 N–H and O–H groups in total. The fourth-order valence-corrected chi connectivity index (χ4v) is 5.31. The van der Waals surface area contributed by atoms with Gasteiger partial charge in [0, 0.05) is 4.47 Å². The smallest absolute Gasteiger partial charge is 0.348 e. The number of benzene rings is 2. The first-order valence-corrected chi connectivity index (χ1v) is 12.7. The van der Waals surface area contributed by atoms with E-state index >= 15 is 0 Å². The first kappa shape index (κ1) is 26.6. The Balaban J connectivity index is 0.00000324. The van der Waals surface area contributed by atoms with Gasteiger partial charge in [0.2, 0.25) is 0 Å². The maximum atomic E-state index is 13.2. The van der Waals surface area contributed by atoms with Crippen LogP contribution in [0.1, 0.15) is 45.9 Å². The number of esters is 1. The topological polar surface area (TPSA) is 44.3 Å². The third-order valence-electron chi connectivity index (χ3n) is 6.95. The van der Waals surface area contributed by atoms with Crippen molar-refractivity contribution in [1.29, 1.82) is 0 Å². The summed E-state index contributed by atoms with van der Waals surface area (Å²) in [6, 6.07) is 15.9. The number of imidazole rings is 1. The van der Waals surface area contributed by atoms with Gasteiger partial charge in [0.1, 0.15) is 11.9 Å². The maximum absolute atomic E-state index is 13.2. The van der Waals surface area contributed by atoms with Gasteiger partial charge in [-0.1, -0.05) is 55.3 Å². The largest absolute Gasteiger partial charge is 1.00 e. The van der Waals surface area contributed by atoms with Crippen LogP contribution in [-0.4, -0.2) is 16.6 Å². The van der Waals surface area contributed by atoms with E-state index < -0.39 is 0 Å². The van der Waals surface area contributed by atoms with Gasteiger partial charge in [0.15, 0.2) is 24.2 Å². The van der Waals surface area contributed by atoms with Gasteiger partial charge < -0.3 is 21.9 Å². The normalized spacial score (nSPS) is 20.2. The molecule has 1 aromatic heterocycles. The van der Waals surface area contributed by atoms with Crippen molar-refractivity contribution in [2.75, 3.05) is 0 Å². The van der Waals surface area contributed by atoms with Crippen molar-refractivity contribution < 1.29 is 31.2 Å². The Morgan fingerprint density at radius 3 is 2.56 bits per heavy atom. The van der Waals surface area contributed by atoms with E-state index in [4.69, 9.17) is 9.47 Å². The summed E-state index contributed by atoms with van der Waals surface area (Å²) in [6.45, 7) is 7.26. The van der Waals surface area contributed by atoms with Crippen LogP contribution in [0.5, 0.6) is 5.75 Å². The van der Waals surface area contributed by atoms with Gasteiger partial charge in [-0.25, -0.2) is 13.9 Å². The second-order valence-corrected chi connectivity index (χ2v) is 10.6. The van der Waals surface area contributed by atoms with Crippen molar-refractivity contribution in [1.82, 2.24) is 4.57 Å². The molecule has 1 aliphatic carbocycles. The molecule has 0 amide bonds. The number of ether oxygens (including phenoxy) is 2. The molecule has 3 atom stereocenters. The molecule has 5 nitrogen and oxygen atoms in total. The van der Waals surface area contributed by atoms with E-state index in [1.54, 1.807) is 0 Å². The summed E-state index contributed by atoms with van der Waals surface area (Å²) in [5.41, 5.74) is 2.06. The Hall–Kier alpha value is -2.05. The minimum absolute atomic E-state index is 0. The molecule has 1 aliphatic rings. The van der Waals surface area contributed by atoms with Crippen molar-refractivity contribution in [3.8, 4) is 5.75 Å². The number of rotatable bonds is 7. The molecule has 4 rings (SSSR count). The minimum atomic E-state index is -0.175.